The monoisotopic (exact) mass is 509 g/mol. The fraction of sp³-hybridized carbons (Fsp3) is 0.393. The maximum atomic E-state index is 13.8. The second-order valence-electron chi connectivity index (χ2n) is 9.26. The van der Waals surface area contributed by atoms with E-state index in [9.17, 15) is 9.59 Å². The number of benzene rings is 2. The Morgan fingerprint density at radius 2 is 1.86 bits per heavy atom. The third-order valence-corrected chi connectivity index (χ3v) is 7.33. The molecule has 3 aliphatic rings. The Morgan fingerprint density at radius 3 is 2.56 bits per heavy atom. The lowest BCUT2D eigenvalue weighted by molar-refractivity contribution is -0.146. The van der Waals surface area contributed by atoms with Crippen LogP contribution in [0.1, 0.15) is 56.1 Å². The molecule has 0 aromatic heterocycles. The van der Waals surface area contributed by atoms with Crippen LogP contribution in [0.2, 0.25) is 5.02 Å². The molecular formula is C28H28ClNO6. The Kier molecular flexibility index (Phi) is 6.75. The first-order valence-electron chi connectivity index (χ1n) is 12.1. The minimum Gasteiger partial charge on any atom is -0.497 e. The fourth-order valence-electron chi connectivity index (χ4n) is 5.28. The van der Waals surface area contributed by atoms with Crippen molar-refractivity contribution in [1.29, 1.82) is 0 Å². The van der Waals surface area contributed by atoms with Crippen molar-refractivity contribution >= 4 is 29.1 Å². The van der Waals surface area contributed by atoms with Gasteiger partial charge in [-0.1, -0.05) is 30.7 Å². The number of carbonyl (C=O) groups excluding carboxylic acids is 2. The zero-order valence-electron chi connectivity index (χ0n) is 20.5. The maximum absolute atomic E-state index is 13.8. The quantitative estimate of drug-likeness (QED) is 0.471. The van der Waals surface area contributed by atoms with Crippen molar-refractivity contribution in [2.75, 3.05) is 20.5 Å². The molecule has 8 heteroatoms. The number of aliphatic imine (C=N–C) groups is 1. The number of rotatable bonds is 6. The molecule has 0 fully saturated rings. The summed E-state index contributed by atoms with van der Waals surface area (Å²) in [6, 6.07) is 11.2. The number of hydrogen-bond donors (Lipinski definition) is 0. The molecule has 2 heterocycles. The van der Waals surface area contributed by atoms with Crippen LogP contribution in [0.15, 0.2) is 52.7 Å². The van der Waals surface area contributed by atoms with Crippen molar-refractivity contribution in [2.45, 2.75) is 44.9 Å². The van der Waals surface area contributed by atoms with Crippen molar-refractivity contribution < 1.29 is 28.5 Å². The Hall–Kier alpha value is -3.32. The minimum absolute atomic E-state index is 0.0184. The van der Waals surface area contributed by atoms with Gasteiger partial charge in [0, 0.05) is 40.4 Å². The van der Waals surface area contributed by atoms with Crippen molar-refractivity contribution in [1.82, 2.24) is 0 Å². The Morgan fingerprint density at radius 1 is 1.14 bits per heavy atom. The van der Waals surface area contributed by atoms with Crippen LogP contribution < -0.4 is 14.2 Å². The molecule has 0 amide bonds. The molecule has 0 bridgehead atoms. The molecule has 0 N–H and O–H groups in total. The van der Waals surface area contributed by atoms with Gasteiger partial charge in [-0.2, -0.15) is 0 Å². The van der Waals surface area contributed by atoms with Crippen LogP contribution in [0.5, 0.6) is 17.2 Å². The molecule has 0 spiro atoms. The number of Topliss-reactive ketones (excluding diaryl/α,β-unsaturated/α-hetero) is 1. The Balaban J connectivity index is 1.59. The van der Waals surface area contributed by atoms with Crippen molar-refractivity contribution in [3.63, 3.8) is 0 Å². The van der Waals surface area contributed by atoms with E-state index in [1.54, 1.807) is 19.2 Å². The molecule has 7 nitrogen and oxygen atoms in total. The van der Waals surface area contributed by atoms with Gasteiger partial charge in [0.2, 0.25) is 6.79 Å². The number of halogens is 1. The number of hydrogen-bond acceptors (Lipinski definition) is 7. The number of carbonyl (C=O) groups is 2. The first-order chi connectivity index (χ1) is 17.4. The number of esters is 1. The molecule has 0 saturated heterocycles. The highest BCUT2D eigenvalue weighted by Gasteiger charge is 2.46. The number of methoxy groups -OCH3 is 1. The lowest BCUT2D eigenvalue weighted by atomic mass is 9.69. The lowest BCUT2D eigenvalue weighted by Gasteiger charge is -2.37. The van der Waals surface area contributed by atoms with Gasteiger partial charge in [0.15, 0.2) is 17.3 Å². The molecule has 36 heavy (non-hydrogen) atoms. The average Bonchev–Trinajstić information content (AvgIpc) is 3.33. The van der Waals surface area contributed by atoms with Crippen LogP contribution >= 0.6 is 11.6 Å². The number of allylic oxidation sites excluding steroid dienone is 2. The zero-order valence-corrected chi connectivity index (χ0v) is 21.3. The standard InChI is InChI=1S/C28H28ClNO6/c1-4-9-34-28(32)25-15(2)30-21-10-17(16-5-7-18(33-3)8-6-16)11-22(31)27(21)26(25)19-12-23-24(13-20(19)29)36-14-35-23/h5-8,12-13,17,25-26H,4,9-11,14H2,1-3H3/t17-,25?,26-/m0/s1. The highest BCUT2D eigenvalue weighted by molar-refractivity contribution is 6.32. The molecule has 1 unspecified atom stereocenters. The van der Waals surface area contributed by atoms with Gasteiger partial charge in [0.05, 0.1) is 13.7 Å². The first kappa shape index (κ1) is 24.4. The van der Waals surface area contributed by atoms with Crippen molar-refractivity contribution in [3.8, 4) is 17.2 Å². The minimum atomic E-state index is -0.755. The van der Waals surface area contributed by atoms with E-state index >= 15 is 0 Å². The highest BCUT2D eigenvalue weighted by atomic mass is 35.5. The van der Waals surface area contributed by atoms with E-state index in [1.165, 1.54) is 0 Å². The van der Waals surface area contributed by atoms with Crippen LogP contribution in [0.3, 0.4) is 0 Å². The van der Waals surface area contributed by atoms with Gasteiger partial charge in [-0.05, 0) is 55.0 Å². The normalized spacial score (nSPS) is 22.7. The summed E-state index contributed by atoms with van der Waals surface area (Å²) < 4.78 is 21.9. The Labute approximate surface area is 215 Å². The summed E-state index contributed by atoms with van der Waals surface area (Å²) in [6.45, 7) is 4.14. The second kappa shape index (κ2) is 9.97. The van der Waals surface area contributed by atoms with Gasteiger partial charge in [-0.15, -0.1) is 0 Å². The highest BCUT2D eigenvalue weighted by Crippen LogP contribution is 2.50. The van der Waals surface area contributed by atoms with Gasteiger partial charge in [-0.25, -0.2) is 0 Å². The largest absolute Gasteiger partial charge is 0.497 e. The van der Waals surface area contributed by atoms with E-state index in [2.05, 4.69) is 0 Å². The van der Waals surface area contributed by atoms with E-state index in [-0.39, 0.29) is 18.5 Å². The fourth-order valence-corrected chi connectivity index (χ4v) is 5.55. The van der Waals surface area contributed by atoms with Crippen LogP contribution in [-0.4, -0.2) is 38.0 Å². The molecule has 1 aliphatic carbocycles. The van der Waals surface area contributed by atoms with Gasteiger partial charge in [0.1, 0.15) is 11.7 Å². The van der Waals surface area contributed by atoms with Crippen LogP contribution in [0, 0.1) is 5.92 Å². The van der Waals surface area contributed by atoms with E-state index < -0.39 is 17.8 Å². The summed E-state index contributed by atoms with van der Waals surface area (Å²) in [4.78, 5) is 31.8. The summed E-state index contributed by atoms with van der Waals surface area (Å²) in [5.41, 5.74) is 3.52. The first-order valence-corrected chi connectivity index (χ1v) is 12.5. The maximum Gasteiger partial charge on any atom is 0.315 e. The predicted octanol–water partition coefficient (Wildman–Crippen LogP) is 5.61. The van der Waals surface area contributed by atoms with E-state index in [0.29, 0.717) is 64.9 Å². The molecule has 0 radical (unpaired) electrons. The Bertz CT molecular complexity index is 1270. The van der Waals surface area contributed by atoms with Crippen molar-refractivity contribution in [2.24, 2.45) is 10.9 Å². The zero-order chi connectivity index (χ0) is 25.4. The number of fused-ring (bicyclic) bond motifs is 1. The molecule has 2 aliphatic heterocycles. The van der Waals surface area contributed by atoms with Gasteiger partial charge < -0.3 is 18.9 Å². The molecule has 3 atom stereocenters. The molecule has 0 saturated carbocycles. The van der Waals surface area contributed by atoms with Crippen molar-refractivity contribution in [3.05, 3.63) is 63.8 Å². The molecule has 188 valence electrons. The molecular weight excluding hydrogens is 482 g/mol. The van der Waals surface area contributed by atoms with Gasteiger partial charge in [0.25, 0.3) is 0 Å². The predicted molar refractivity (Wildman–Crippen MR) is 135 cm³/mol. The second-order valence-corrected chi connectivity index (χ2v) is 9.67. The van der Waals surface area contributed by atoms with Crippen LogP contribution in [-0.2, 0) is 14.3 Å². The van der Waals surface area contributed by atoms with Crippen LogP contribution in [0.4, 0.5) is 0 Å². The van der Waals surface area contributed by atoms with E-state index in [4.69, 9.17) is 35.5 Å². The third-order valence-electron chi connectivity index (χ3n) is 7.01. The van der Waals surface area contributed by atoms with Gasteiger partial charge >= 0.3 is 5.97 Å². The molecule has 5 rings (SSSR count). The summed E-state index contributed by atoms with van der Waals surface area (Å²) in [6.07, 6.45) is 1.59. The van der Waals surface area contributed by atoms with Gasteiger partial charge in [-0.3, -0.25) is 14.6 Å². The average molecular weight is 510 g/mol. The number of ether oxygens (including phenoxy) is 4. The SMILES string of the molecule is CCCOC(=O)C1C(C)=NC2=C(C(=O)C[C@@H](c3ccc(OC)cc3)C2)[C@H]1c1cc2c(cc1Cl)OCO2. The third kappa shape index (κ3) is 4.37. The summed E-state index contributed by atoms with van der Waals surface area (Å²) in [7, 11) is 1.62. The number of ketones is 1. The molecule has 2 aromatic rings. The smallest absolute Gasteiger partial charge is 0.315 e. The summed E-state index contributed by atoms with van der Waals surface area (Å²) >= 11 is 6.72. The molecule has 2 aromatic carbocycles. The summed E-state index contributed by atoms with van der Waals surface area (Å²) in [5, 5.41) is 0.407. The van der Waals surface area contributed by atoms with E-state index in [1.807, 2.05) is 38.1 Å². The number of nitrogens with zero attached hydrogens (tertiary/aromatic N) is 1. The van der Waals surface area contributed by atoms with E-state index in [0.717, 1.165) is 11.3 Å². The van der Waals surface area contributed by atoms with Crippen LogP contribution in [0.25, 0.3) is 0 Å². The summed E-state index contributed by atoms with van der Waals surface area (Å²) in [5.74, 6) is 0.000593. The topological polar surface area (TPSA) is 83.4 Å². The lowest BCUT2D eigenvalue weighted by Crippen LogP contribution is -2.38.